The molecule has 1 heterocycles. The van der Waals surface area contributed by atoms with E-state index in [1.165, 1.54) is 0 Å². The number of benzene rings is 1. The van der Waals surface area contributed by atoms with Crippen LogP contribution in [0.15, 0.2) is 16.7 Å². The fraction of sp³-hybridized carbons (Fsp3) is 0.273. The minimum absolute atomic E-state index is 0.212. The number of halogens is 5. The van der Waals surface area contributed by atoms with Crippen molar-refractivity contribution in [1.82, 2.24) is 10.1 Å². The van der Waals surface area contributed by atoms with E-state index in [1.807, 2.05) is 0 Å². The average Bonchev–Trinajstić information content (AvgIpc) is 2.81. The maximum atomic E-state index is 13.5. The van der Waals surface area contributed by atoms with Gasteiger partial charge in [-0.3, -0.25) is 0 Å². The Labute approximate surface area is 114 Å². The topological polar surface area (TPSA) is 74.2 Å². The van der Waals surface area contributed by atoms with Gasteiger partial charge in [0, 0.05) is 6.07 Å². The number of hydrogen-bond donors (Lipinski definition) is 1. The molecule has 21 heavy (non-hydrogen) atoms. The zero-order chi connectivity index (χ0) is 15.6. The second kappa shape index (κ2) is 5.64. The lowest BCUT2D eigenvalue weighted by atomic mass is 10.2. The molecule has 0 aliphatic rings. The molecule has 0 radical (unpaired) electrons. The highest BCUT2D eigenvalue weighted by Gasteiger charge is 2.27. The molecule has 10 heteroatoms. The summed E-state index contributed by atoms with van der Waals surface area (Å²) in [7, 11) is 0. The van der Waals surface area contributed by atoms with E-state index in [0.717, 1.165) is 6.07 Å². The third kappa shape index (κ3) is 3.88. The summed E-state index contributed by atoms with van der Waals surface area (Å²) in [6.07, 6.45) is -4.48. The first-order valence-electron chi connectivity index (χ1n) is 5.48. The Kier molecular flexibility index (Phi) is 4.07. The van der Waals surface area contributed by atoms with Crippen molar-refractivity contribution in [3.8, 4) is 11.5 Å². The van der Waals surface area contributed by atoms with Gasteiger partial charge in [-0.25, -0.2) is 8.78 Å². The van der Waals surface area contributed by atoms with Crippen molar-refractivity contribution in [2.75, 3.05) is 12.3 Å². The molecule has 0 unspecified atom stereocenters. The van der Waals surface area contributed by atoms with Crippen LogP contribution in [0.5, 0.6) is 0 Å². The number of nitrogen functional groups attached to an aromatic ring is 1. The molecule has 0 bridgehead atoms. The van der Waals surface area contributed by atoms with Gasteiger partial charge in [-0.15, -0.1) is 0 Å². The van der Waals surface area contributed by atoms with Crippen molar-refractivity contribution < 1.29 is 31.2 Å². The molecule has 2 rings (SSSR count). The number of nitrogens with zero attached hydrogens (tertiary/aromatic N) is 2. The Hall–Kier alpha value is -2.23. The van der Waals surface area contributed by atoms with Crippen molar-refractivity contribution >= 4 is 5.69 Å². The largest absolute Gasteiger partial charge is 0.411 e. The van der Waals surface area contributed by atoms with Gasteiger partial charge in [0.1, 0.15) is 24.8 Å². The summed E-state index contributed by atoms with van der Waals surface area (Å²) in [5, 5.41) is 3.33. The van der Waals surface area contributed by atoms with Gasteiger partial charge in [-0.2, -0.15) is 18.2 Å². The Morgan fingerprint density at radius 2 is 1.90 bits per heavy atom. The highest BCUT2D eigenvalue weighted by molar-refractivity contribution is 5.61. The van der Waals surface area contributed by atoms with Gasteiger partial charge in [0.15, 0.2) is 5.82 Å². The number of aromatic nitrogens is 2. The molecule has 5 nitrogen and oxygen atoms in total. The summed E-state index contributed by atoms with van der Waals surface area (Å²) in [6.45, 7) is -2.05. The van der Waals surface area contributed by atoms with Crippen LogP contribution in [0.1, 0.15) is 5.82 Å². The van der Waals surface area contributed by atoms with E-state index in [0.29, 0.717) is 6.07 Å². The minimum Gasteiger partial charge on any atom is -0.396 e. The molecule has 0 saturated carbocycles. The van der Waals surface area contributed by atoms with Crippen molar-refractivity contribution in [2.45, 2.75) is 12.8 Å². The summed E-state index contributed by atoms with van der Waals surface area (Å²) < 4.78 is 71.1. The maximum absolute atomic E-state index is 13.5. The normalized spacial score (nSPS) is 11.9. The van der Waals surface area contributed by atoms with E-state index in [9.17, 15) is 22.0 Å². The fourth-order valence-corrected chi connectivity index (χ4v) is 1.41. The number of alkyl halides is 3. The molecule has 2 N–H and O–H groups in total. The van der Waals surface area contributed by atoms with Crippen LogP contribution in [0.3, 0.4) is 0 Å². The second-order valence-corrected chi connectivity index (χ2v) is 3.98. The molecule has 0 aliphatic carbocycles. The van der Waals surface area contributed by atoms with Crippen LogP contribution >= 0.6 is 0 Å². The van der Waals surface area contributed by atoms with Crippen LogP contribution in [0.25, 0.3) is 11.5 Å². The predicted octanol–water partition coefficient (Wildman–Crippen LogP) is 2.68. The lowest BCUT2D eigenvalue weighted by Gasteiger charge is -2.04. The van der Waals surface area contributed by atoms with Crippen LogP contribution in [0, 0.1) is 11.6 Å². The van der Waals surface area contributed by atoms with Gasteiger partial charge in [0.2, 0.25) is 0 Å². The summed E-state index contributed by atoms with van der Waals surface area (Å²) >= 11 is 0. The van der Waals surface area contributed by atoms with Crippen molar-refractivity contribution in [3.63, 3.8) is 0 Å². The second-order valence-electron chi connectivity index (χ2n) is 3.98. The highest BCUT2D eigenvalue weighted by Crippen LogP contribution is 2.25. The van der Waals surface area contributed by atoms with E-state index in [2.05, 4.69) is 19.4 Å². The number of nitrogens with two attached hydrogens (primary N) is 1. The molecular formula is C11H8F5N3O2. The van der Waals surface area contributed by atoms with Gasteiger partial charge in [0.25, 0.3) is 5.89 Å². The standard InChI is InChI=1S/C11H8F5N3O2/c12-6-2-7(13)8(17)1-5(6)10-18-9(19-21-10)3-20-4-11(14,15)16/h1-2H,3-4,17H2. The van der Waals surface area contributed by atoms with Gasteiger partial charge in [-0.05, 0) is 6.07 Å². The van der Waals surface area contributed by atoms with Gasteiger partial charge >= 0.3 is 6.18 Å². The molecule has 1 aromatic carbocycles. The smallest absolute Gasteiger partial charge is 0.396 e. The lowest BCUT2D eigenvalue weighted by Crippen LogP contribution is -2.16. The summed E-state index contributed by atoms with van der Waals surface area (Å²) in [6, 6.07) is 1.48. The summed E-state index contributed by atoms with van der Waals surface area (Å²) in [5.41, 5.74) is 4.69. The zero-order valence-corrected chi connectivity index (χ0v) is 10.2. The zero-order valence-electron chi connectivity index (χ0n) is 10.2. The van der Waals surface area contributed by atoms with E-state index < -0.39 is 31.0 Å². The van der Waals surface area contributed by atoms with Crippen molar-refractivity contribution in [1.29, 1.82) is 0 Å². The molecule has 0 atom stereocenters. The average molecular weight is 309 g/mol. The van der Waals surface area contributed by atoms with Crippen molar-refractivity contribution in [2.24, 2.45) is 0 Å². The summed E-state index contributed by atoms with van der Waals surface area (Å²) in [4.78, 5) is 3.64. The Morgan fingerprint density at radius 1 is 1.19 bits per heavy atom. The lowest BCUT2D eigenvalue weighted by molar-refractivity contribution is -0.177. The summed E-state index contributed by atoms with van der Waals surface area (Å²) in [5.74, 6) is -2.50. The third-order valence-electron chi connectivity index (χ3n) is 2.28. The molecule has 114 valence electrons. The van der Waals surface area contributed by atoms with Crippen LogP contribution in [0.4, 0.5) is 27.6 Å². The van der Waals surface area contributed by atoms with Gasteiger partial charge in [-0.1, -0.05) is 5.16 Å². The molecule has 2 aromatic rings. The first-order chi connectivity index (χ1) is 9.76. The highest BCUT2D eigenvalue weighted by atomic mass is 19.4. The molecule has 1 aromatic heterocycles. The first kappa shape index (κ1) is 15.2. The van der Waals surface area contributed by atoms with E-state index in [-0.39, 0.29) is 23.0 Å². The number of ether oxygens (including phenoxy) is 1. The minimum atomic E-state index is -4.48. The van der Waals surface area contributed by atoms with Gasteiger partial charge < -0.3 is 15.0 Å². The molecule has 0 fully saturated rings. The van der Waals surface area contributed by atoms with Crippen LogP contribution in [-0.4, -0.2) is 22.9 Å². The Balaban J connectivity index is 2.11. The molecular weight excluding hydrogens is 301 g/mol. The monoisotopic (exact) mass is 309 g/mol. The molecule has 0 aliphatic heterocycles. The van der Waals surface area contributed by atoms with E-state index >= 15 is 0 Å². The van der Waals surface area contributed by atoms with E-state index in [4.69, 9.17) is 5.73 Å². The van der Waals surface area contributed by atoms with Crippen molar-refractivity contribution in [3.05, 3.63) is 29.6 Å². The Bertz CT molecular complexity index is 641. The van der Waals surface area contributed by atoms with Crippen LogP contribution in [-0.2, 0) is 11.3 Å². The third-order valence-corrected chi connectivity index (χ3v) is 2.28. The fourth-order valence-electron chi connectivity index (χ4n) is 1.41. The molecule has 0 spiro atoms. The quantitative estimate of drug-likeness (QED) is 0.694. The van der Waals surface area contributed by atoms with E-state index in [1.54, 1.807) is 0 Å². The maximum Gasteiger partial charge on any atom is 0.411 e. The SMILES string of the molecule is Nc1cc(-c2nc(COCC(F)(F)F)no2)c(F)cc1F. The predicted molar refractivity (Wildman–Crippen MR) is 59.8 cm³/mol. The number of hydrogen-bond acceptors (Lipinski definition) is 5. The van der Waals surface area contributed by atoms with Crippen LogP contribution < -0.4 is 5.73 Å². The Morgan fingerprint density at radius 3 is 2.57 bits per heavy atom. The number of anilines is 1. The number of rotatable bonds is 4. The first-order valence-corrected chi connectivity index (χ1v) is 5.48. The molecule has 0 saturated heterocycles. The van der Waals surface area contributed by atoms with Gasteiger partial charge in [0.05, 0.1) is 11.3 Å². The van der Waals surface area contributed by atoms with Crippen LogP contribution in [0.2, 0.25) is 0 Å². The molecule has 0 amide bonds.